The van der Waals surface area contributed by atoms with Crippen LogP contribution in [0.2, 0.25) is 0 Å². The molecular formula is C19H24N2O3. The van der Waals surface area contributed by atoms with E-state index in [0.717, 1.165) is 12.0 Å². The molecule has 2 aromatic rings. The lowest BCUT2D eigenvalue weighted by atomic mass is 9.87. The van der Waals surface area contributed by atoms with Crippen molar-refractivity contribution >= 4 is 5.97 Å². The van der Waals surface area contributed by atoms with Crippen LogP contribution in [0.1, 0.15) is 50.0 Å². The molecule has 24 heavy (non-hydrogen) atoms. The van der Waals surface area contributed by atoms with Crippen molar-refractivity contribution in [2.75, 3.05) is 0 Å². The second-order valence-corrected chi connectivity index (χ2v) is 6.68. The second kappa shape index (κ2) is 7.90. The maximum Gasteiger partial charge on any atom is 0.345 e. The van der Waals surface area contributed by atoms with Gasteiger partial charge in [-0.2, -0.15) is 0 Å². The number of carbonyl (C=O) groups is 1. The quantitative estimate of drug-likeness (QED) is 0.749. The summed E-state index contributed by atoms with van der Waals surface area (Å²) in [5, 5.41) is 0. The van der Waals surface area contributed by atoms with Gasteiger partial charge in [-0.15, -0.1) is 0 Å². The molecule has 0 amide bonds. The van der Waals surface area contributed by atoms with Gasteiger partial charge in [0, 0.05) is 6.20 Å². The third-order valence-corrected chi connectivity index (χ3v) is 3.70. The van der Waals surface area contributed by atoms with Crippen LogP contribution in [0.3, 0.4) is 0 Å². The number of hydrogen-bond donors (Lipinski definition) is 0. The van der Waals surface area contributed by atoms with Gasteiger partial charge in [-0.05, 0) is 17.4 Å². The Bertz CT molecular complexity index is 666. The van der Waals surface area contributed by atoms with E-state index in [-0.39, 0.29) is 29.6 Å². The van der Waals surface area contributed by atoms with Crippen LogP contribution in [0.5, 0.6) is 5.88 Å². The van der Waals surface area contributed by atoms with E-state index < -0.39 is 5.97 Å². The van der Waals surface area contributed by atoms with Crippen LogP contribution in [0.15, 0.2) is 42.9 Å². The first-order valence-electron chi connectivity index (χ1n) is 8.09. The first-order valence-corrected chi connectivity index (χ1v) is 8.09. The third-order valence-electron chi connectivity index (χ3n) is 3.70. The average molecular weight is 328 g/mol. The standard InChI is InChI=1S/C19H24N2O3/c1-5-16(19(2,3)4)24-17-15(11-20-13-21-17)18(22)23-12-14-9-7-6-8-10-14/h6-11,13,16H,5,12H2,1-4H3. The minimum Gasteiger partial charge on any atom is -0.473 e. The van der Waals surface area contributed by atoms with Crippen molar-refractivity contribution < 1.29 is 14.3 Å². The first-order chi connectivity index (χ1) is 11.4. The molecule has 5 nitrogen and oxygen atoms in total. The number of rotatable bonds is 6. The minimum absolute atomic E-state index is 0.0620. The molecule has 2 rings (SSSR count). The highest BCUT2D eigenvalue weighted by molar-refractivity contribution is 5.91. The minimum atomic E-state index is -0.488. The molecule has 5 heteroatoms. The van der Waals surface area contributed by atoms with E-state index in [1.54, 1.807) is 0 Å². The van der Waals surface area contributed by atoms with Crippen LogP contribution in [0.25, 0.3) is 0 Å². The number of esters is 1. The van der Waals surface area contributed by atoms with Crippen LogP contribution in [-0.4, -0.2) is 22.0 Å². The van der Waals surface area contributed by atoms with E-state index in [2.05, 4.69) is 30.7 Å². The van der Waals surface area contributed by atoms with Crippen molar-refractivity contribution in [2.45, 2.75) is 46.8 Å². The predicted octanol–water partition coefficient (Wildman–Crippen LogP) is 4.04. The van der Waals surface area contributed by atoms with Crippen molar-refractivity contribution in [3.63, 3.8) is 0 Å². The average Bonchev–Trinajstić information content (AvgIpc) is 2.57. The van der Waals surface area contributed by atoms with E-state index in [1.165, 1.54) is 12.5 Å². The molecule has 0 aliphatic heterocycles. The summed E-state index contributed by atoms with van der Waals surface area (Å²) in [6.45, 7) is 8.52. The maximum absolute atomic E-state index is 12.4. The van der Waals surface area contributed by atoms with Crippen LogP contribution in [-0.2, 0) is 11.3 Å². The van der Waals surface area contributed by atoms with Crippen molar-refractivity contribution in [3.05, 3.63) is 54.0 Å². The summed E-state index contributed by atoms with van der Waals surface area (Å²) in [6.07, 6.45) is 3.56. The Hall–Kier alpha value is -2.43. The van der Waals surface area contributed by atoms with E-state index in [4.69, 9.17) is 9.47 Å². The van der Waals surface area contributed by atoms with Crippen molar-refractivity contribution in [3.8, 4) is 5.88 Å². The zero-order chi connectivity index (χ0) is 17.6. The van der Waals surface area contributed by atoms with Gasteiger partial charge < -0.3 is 9.47 Å². The van der Waals surface area contributed by atoms with Crippen LogP contribution in [0, 0.1) is 5.41 Å². The van der Waals surface area contributed by atoms with Gasteiger partial charge in [-0.25, -0.2) is 14.8 Å². The fraction of sp³-hybridized carbons (Fsp3) is 0.421. The van der Waals surface area contributed by atoms with Gasteiger partial charge in [-0.3, -0.25) is 0 Å². The predicted molar refractivity (Wildman–Crippen MR) is 91.8 cm³/mol. The number of carbonyl (C=O) groups excluding carboxylic acids is 1. The fourth-order valence-corrected chi connectivity index (χ4v) is 2.36. The van der Waals surface area contributed by atoms with E-state index >= 15 is 0 Å². The monoisotopic (exact) mass is 328 g/mol. The number of nitrogens with zero attached hydrogens (tertiary/aromatic N) is 2. The molecule has 0 bridgehead atoms. The molecule has 1 atom stereocenters. The molecule has 0 N–H and O–H groups in total. The van der Waals surface area contributed by atoms with Crippen molar-refractivity contribution in [1.29, 1.82) is 0 Å². The lowest BCUT2D eigenvalue weighted by Crippen LogP contribution is -2.32. The Morgan fingerprint density at radius 3 is 2.54 bits per heavy atom. The zero-order valence-electron chi connectivity index (χ0n) is 14.7. The molecular weight excluding hydrogens is 304 g/mol. The molecule has 0 saturated heterocycles. The topological polar surface area (TPSA) is 61.3 Å². The van der Waals surface area contributed by atoms with Gasteiger partial charge in [0.25, 0.3) is 0 Å². The van der Waals surface area contributed by atoms with Gasteiger partial charge >= 0.3 is 5.97 Å². The highest BCUT2D eigenvalue weighted by Crippen LogP contribution is 2.27. The molecule has 0 radical (unpaired) electrons. The maximum atomic E-state index is 12.4. The van der Waals surface area contributed by atoms with Crippen LogP contribution < -0.4 is 4.74 Å². The zero-order valence-corrected chi connectivity index (χ0v) is 14.7. The summed E-state index contributed by atoms with van der Waals surface area (Å²) < 4.78 is 11.3. The SMILES string of the molecule is CCC(Oc1ncncc1C(=O)OCc1ccccc1)C(C)(C)C. The van der Waals surface area contributed by atoms with Gasteiger partial charge in [0.2, 0.25) is 5.88 Å². The summed E-state index contributed by atoms with van der Waals surface area (Å²) in [6, 6.07) is 9.52. The summed E-state index contributed by atoms with van der Waals surface area (Å²) in [4.78, 5) is 20.4. The normalized spacial score (nSPS) is 12.5. The van der Waals surface area contributed by atoms with Gasteiger partial charge in [0.15, 0.2) is 0 Å². The summed E-state index contributed by atoms with van der Waals surface area (Å²) in [5.41, 5.74) is 1.10. The summed E-state index contributed by atoms with van der Waals surface area (Å²) in [7, 11) is 0. The van der Waals surface area contributed by atoms with Crippen molar-refractivity contribution in [1.82, 2.24) is 9.97 Å². The highest BCUT2D eigenvalue weighted by atomic mass is 16.5. The number of ether oxygens (including phenoxy) is 2. The van der Waals surface area contributed by atoms with Crippen LogP contribution >= 0.6 is 0 Å². The van der Waals surface area contributed by atoms with E-state index in [0.29, 0.717) is 0 Å². The Balaban J connectivity index is 2.11. The lowest BCUT2D eigenvalue weighted by Gasteiger charge is -2.30. The molecule has 0 aliphatic rings. The first kappa shape index (κ1) is 17.9. The molecule has 0 spiro atoms. The van der Waals surface area contributed by atoms with E-state index in [9.17, 15) is 4.79 Å². The summed E-state index contributed by atoms with van der Waals surface area (Å²) >= 11 is 0. The van der Waals surface area contributed by atoms with Crippen LogP contribution in [0.4, 0.5) is 0 Å². The Morgan fingerprint density at radius 1 is 1.21 bits per heavy atom. The van der Waals surface area contributed by atoms with Gasteiger partial charge in [0.05, 0.1) is 0 Å². The fourth-order valence-electron chi connectivity index (χ4n) is 2.36. The smallest absolute Gasteiger partial charge is 0.345 e. The molecule has 1 aromatic heterocycles. The number of aromatic nitrogens is 2. The molecule has 1 unspecified atom stereocenters. The van der Waals surface area contributed by atoms with Crippen molar-refractivity contribution in [2.24, 2.45) is 5.41 Å². The Kier molecular flexibility index (Phi) is 5.90. The molecule has 1 heterocycles. The van der Waals surface area contributed by atoms with Gasteiger partial charge in [-0.1, -0.05) is 58.0 Å². The molecule has 128 valence electrons. The highest BCUT2D eigenvalue weighted by Gasteiger charge is 2.27. The molecule has 0 aliphatic carbocycles. The molecule has 0 fully saturated rings. The summed E-state index contributed by atoms with van der Waals surface area (Å²) in [5.74, 6) is -0.219. The third kappa shape index (κ3) is 4.78. The molecule has 0 saturated carbocycles. The largest absolute Gasteiger partial charge is 0.473 e. The second-order valence-electron chi connectivity index (χ2n) is 6.68. The molecule has 1 aromatic carbocycles. The lowest BCUT2D eigenvalue weighted by molar-refractivity contribution is 0.0441. The number of benzene rings is 1. The number of hydrogen-bond acceptors (Lipinski definition) is 5. The Morgan fingerprint density at radius 2 is 1.92 bits per heavy atom. The Labute approximate surface area is 143 Å². The van der Waals surface area contributed by atoms with Gasteiger partial charge in [0.1, 0.15) is 24.6 Å². The van der Waals surface area contributed by atoms with E-state index in [1.807, 2.05) is 37.3 Å².